The molecule has 2 aliphatic heterocycles. The van der Waals surface area contributed by atoms with Gasteiger partial charge in [-0.1, -0.05) is 38.2 Å². The Balaban J connectivity index is 1.51. The van der Waals surface area contributed by atoms with Gasteiger partial charge in [-0.05, 0) is 36.6 Å². The van der Waals surface area contributed by atoms with Crippen molar-refractivity contribution in [2.24, 2.45) is 5.92 Å². The number of carbonyl (C=O) groups excluding carboxylic acids is 3. The number of ketones is 1. The molecular weight excluding hydrogens is 376 g/mol. The molecule has 1 aliphatic carbocycles. The van der Waals surface area contributed by atoms with Crippen LogP contribution in [0.25, 0.3) is 0 Å². The highest BCUT2D eigenvalue weighted by atomic mass is 32.1. The molecule has 2 amide bonds. The van der Waals surface area contributed by atoms with Crippen LogP contribution in [-0.2, 0) is 14.3 Å². The molecule has 6 nitrogen and oxygen atoms in total. The summed E-state index contributed by atoms with van der Waals surface area (Å²) in [4.78, 5) is 40.8. The van der Waals surface area contributed by atoms with E-state index >= 15 is 0 Å². The van der Waals surface area contributed by atoms with Gasteiger partial charge in [-0.15, -0.1) is 11.3 Å². The first kappa shape index (κ1) is 19.6. The quantitative estimate of drug-likeness (QED) is 0.819. The van der Waals surface area contributed by atoms with Crippen LogP contribution in [0.5, 0.6) is 0 Å². The van der Waals surface area contributed by atoms with Gasteiger partial charge in [0, 0.05) is 6.54 Å². The third-order valence-corrected chi connectivity index (χ3v) is 7.14. The highest BCUT2D eigenvalue weighted by molar-refractivity contribution is 7.12. The van der Waals surface area contributed by atoms with E-state index in [0.29, 0.717) is 23.8 Å². The standard InChI is InChI=1S/C21H28N2O4S/c24-16-13-27-17-8-4-10-23(19(16)17)21(26)15(12-14-6-2-1-3-7-14)22-20(25)18-9-5-11-28-18/h5,9,11,14-15,17,19H,1-4,6-8,10,12-13H2,(H,22,25). The second kappa shape index (κ2) is 8.74. The van der Waals surface area contributed by atoms with Crippen LogP contribution in [0.4, 0.5) is 0 Å². The van der Waals surface area contributed by atoms with Gasteiger partial charge in [-0.25, -0.2) is 0 Å². The summed E-state index contributed by atoms with van der Waals surface area (Å²) in [5.41, 5.74) is 0. The van der Waals surface area contributed by atoms with Crippen molar-refractivity contribution < 1.29 is 19.1 Å². The van der Waals surface area contributed by atoms with E-state index < -0.39 is 12.1 Å². The molecule has 3 aliphatic rings. The number of thiophene rings is 1. The molecule has 3 unspecified atom stereocenters. The smallest absolute Gasteiger partial charge is 0.261 e. The number of hydrogen-bond donors (Lipinski definition) is 1. The summed E-state index contributed by atoms with van der Waals surface area (Å²) in [5, 5.41) is 4.84. The summed E-state index contributed by atoms with van der Waals surface area (Å²) in [6.07, 6.45) is 7.94. The third-order valence-electron chi connectivity index (χ3n) is 6.27. The number of likely N-dealkylation sites (tertiary alicyclic amines) is 1. The van der Waals surface area contributed by atoms with Crippen LogP contribution >= 0.6 is 11.3 Å². The first-order valence-electron chi connectivity index (χ1n) is 10.4. The zero-order chi connectivity index (χ0) is 19.5. The fourth-order valence-corrected chi connectivity index (χ4v) is 5.48. The Morgan fingerprint density at radius 2 is 2.04 bits per heavy atom. The Bertz CT molecular complexity index is 714. The van der Waals surface area contributed by atoms with Crippen molar-refractivity contribution in [2.75, 3.05) is 13.2 Å². The molecule has 28 heavy (non-hydrogen) atoms. The van der Waals surface area contributed by atoms with E-state index in [-0.39, 0.29) is 30.3 Å². The molecule has 0 bridgehead atoms. The zero-order valence-corrected chi connectivity index (χ0v) is 16.9. The van der Waals surface area contributed by atoms with E-state index in [2.05, 4.69) is 5.32 Å². The fraction of sp³-hybridized carbons (Fsp3) is 0.667. The lowest BCUT2D eigenvalue weighted by Crippen LogP contribution is -2.58. The van der Waals surface area contributed by atoms with E-state index in [9.17, 15) is 14.4 Å². The number of Topliss-reactive ketones (excluding diaryl/α,β-unsaturated/α-hetero) is 1. The van der Waals surface area contributed by atoms with Gasteiger partial charge in [0.15, 0.2) is 5.78 Å². The van der Waals surface area contributed by atoms with Gasteiger partial charge in [0.05, 0.1) is 11.0 Å². The molecule has 152 valence electrons. The molecule has 7 heteroatoms. The Labute approximate surface area is 169 Å². The second-order valence-corrected chi connectivity index (χ2v) is 9.13. The van der Waals surface area contributed by atoms with Crippen LogP contribution in [-0.4, -0.2) is 53.8 Å². The van der Waals surface area contributed by atoms with E-state index in [1.807, 2.05) is 11.4 Å². The Morgan fingerprint density at radius 3 is 2.79 bits per heavy atom. The fourth-order valence-electron chi connectivity index (χ4n) is 4.85. The number of nitrogens with zero attached hydrogens (tertiary/aromatic N) is 1. The highest BCUT2D eigenvalue weighted by Gasteiger charge is 2.46. The van der Waals surface area contributed by atoms with E-state index in [4.69, 9.17) is 4.74 Å². The minimum Gasteiger partial charge on any atom is -0.368 e. The Kier molecular flexibility index (Phi) is 6.11. The lowest BCUT2D eigenvalue weighted by molar-refractivity contribution is -0.142. The lowest BCUT2D eigenvalue weighted by Gasteiger charge is -2.38. The summed E-state index contributed by atoms with van der Waals surface area (Å²) in [6, 6.07) is 2.55. The molecule has 3 fully saturated rings. The number of amides is 2. The number of rotatable bonds is 5. The first-order valence-corrected chi connectivity index (χ1v) is 11.3. The molecule has 4 rings (SSSR count). The molecule has 1 saturated carbocycles. The van der Waals surface area contributed by atoms with Gasteiger partial charge in [0.2, 0.25) is 5.91 Å². The van der Waals surface area contributed by atoms with Crippen molar-refractivity contribution in [1.29, 1.82) is 0 Å². The van der Waals surface area contributed by atoms with E-state index in [1.54, 1.807) is 11.0 Å². The molecule has 0 aromatic carbocycles. The first-order chi connectivity index (χ1) is 13.6. The highest BCUT2D eigenvalue weighted by Crippen LogP contribution is 2.30. The molecule has 1 N–H and O–H groups in total. The predicted octanol–water partition coefficient (Wildman–Crippen LogP) is 2.78. The van der Waals surface area contributed by atoms with Gasteiger partial charge < -0.3 is 15.0 Å². The number of hydrogen-bond acceptors (Lipinski definition) is 5. The van der Waals surface area contributed by atoms with E-state index in [0.717, 1.165) is 25.7 Å². The van der Waals surface area contributed by atoms with Crippen LogP contribution in [0.1, 0.15) is 61.0 Å². The second-order valence-electron chi connectivity index (χ2n) is 8.18. The summed E-state index contributed by atoms with van der Waals surface area (Å²) < 4.78 is 5.59. The van der Waals surface area contributed by atoms with Crippen LogP contribution in [0.2, 0.25) is 0 Å². The maximum Gasteiger partial charge on any atom is 0.261 e. The third kappa shape index (κ3) is 4.15. The van der Waals surface area contributed by atoms with Crippen LogP contribution in [0.3, 0.4) is 0 Å². The number of fused-ring (bicyclic) bond motifs is 1. The van der Waals surface area contributed by atoms with Gasteiger partial charge in [-0.2, -0.15) is 0 Å². The van der Waals surface area contributed by atoms with E-state index in [1.165, 1.54) is 30.6 Å². The zero-order valence-electron chi connectivity index (χ0n) is 16.1. The number of piperidine rings is 1. The van der Waals surface area contributed by atoms with Crippen molar-refractivity contribution in [3.8, 4) is 0 Å². The van der Waals surface area contributed by atoms with Crippen LogP contribution in [0, 0.1) is 5.92 Å². The van der Waals surface area contributed by atoms with Crippen LogP contribution in [0.15, 0.2) is 17.5 Å². The van der Waals surface area contributed by atoms with Crippen molar-refractivity contribution >= 4 is 28.9 Å². The molecule has 3 atom stereocenters. The summed E-state index contributed by atoms with van der Waals surface area (Å²) >= 11 is 1.37. The van der Waals surface area contributed by atoms with Gasteiger partial charge in [-0.3, -0.25) is 14.4 Å². The Morgan fingerprint density at radius 1 is 1.21 bits per heavy atom. The molecular formula is C21H28N2O4S. The van der Waals surface area contributed by atoms with Crippen molar-refractivity contribution in [3.63, 3.8) is 0 Å². The average Bonchev–Trinajstić information content (AvgIpc) is 3.38. The molecule has 0 spiro atoms. The Hall–Kier alpha value is -1.73. The monoisotopic (exact) mass is 404 g/mol. The minimum absolute atomic E-state index is 0.0148. The average molecular weight is 405 g/mol. The topological polar surface area (TPSA) is 75.7 Å². The molecule has 0 radical (unpaired) electrons. The molecule has 2 saturated heterocycles. The van der Waals surface area contributed by atoms with Crippen molar-refractivity contribution in [2.45, 2.75) is 69.6 Å². The van der Waals surface area contributed by atoms with Gasteiger partial charge >= 0.3 is 0 Å². The number of nitrogens with one attached hydrogen (secondary N) is 1. The lowest BCUT2D eigenvalue weighted by atomic mass is 9.84. The maximum absolute atomic E-state index is 13.5. The normalized spacial score (nSPS) is 26.7. The van der Waals surface area contributed by atoms with Crippen molar-refractivity contribution in [1.82, 2.24) is 10.2 Å². The van der Waals surface area contributed by atoms with Crippen molar-refractivity contribution in [3.05, 3.63) is 22.4 Å². The molecule has 1 aromatic rings. The molecule has 3 heterocycles. The maximum atomic E-state index is 13.5. The van der Waals surface area contributed by atoms with Crippen LogP contribution < -0.4 is 5.32 Å². The number of carbonyl (C=O) groups is 3. The summed E-state index contributed by atoms with van der Waals surface area (Å²) in [5.74, 6) is 0.109. The SMILES string of the molecule is O=C(NC(CC1CCCCC1)C(=O)N1CCCC2OCC(=O)C21)c1cccs1. The summed E-state index contributed by atoms with van der Waals surface area (Å²) in [7, 11) is 0. The minimum atomic E-state index is -0.579. The van der Waals surface area contributed by atoms with Gasteiger partial charge in [0.25, 0.3) is 5.91 Å². The largest absolute Gasteiger partial charge is 0.368 e. The number of ether oxygens (including phenoxy) is 1. The predicted molar refractivity (Wildman–Crippen MR) is 106 cm³/mol. The van der Waals surface area contributed by atoms with Gasteiger partial charge in [0.1, 0.15) is 18.7 Å². The summed E-state index contributed by atoms with van der Waals surface area (Å²) in [6.45, 7) is 0.652. The molecule has 1 aromatic heterocycles.